The smallest absolute Gasteiger partial charge is 0.171 e. The normalized spacial score (nSPS) is 10.6. The largest absolute Gasteiger partial charge is 0.369 e. The zero-order valence-corrected chi connectivity index (χ0v) is 13.5. The molecule has 18 heavy (non-hydrogen) atoms. The van der Waals surface area contributed by atoms with Crippen molar-refractivity contribution in [1.29, 1.82) is 0 Å². The molecule has 2 aromatic heterocycles. The molecule has 0 unspecified atom stereocenters. The fourth-order valence-corrected chi connectivity index (χ4v) is 3.06. The van der Waals surface area contributed by atoms with Gasteiger partial charge in [-0.15, -0.1) is 11.3 Å². The molecule has 96 valence electrons. The third-order valence-electron chi connectivity index (χ3n) is 2.49. The first-order valence-electron chi connectivity index (χ1n) is 6.10. The first-order valence-corrected chi connectivity index (χ1v) is 8.06. The van der Waals surface area contributed by atoms with Crippen molar-refractivity contribution < 1.29 is 0 Å². The van der Waals surface area contributed by atoms with Gasteiger partial charge in [0.2, 0.25) is 0 Å². The lowest BCUT2D eigenvalue weighted by Crippen LogP contribution is -2.07. The Hall–Kier alpha value is -0.690. The predicted molar refractivity (Wildman–Crippen MR) is 86.2 cm³/mol. The number of thiophene rings is 1. The van der Waals surface area contributed by atoms with Crippen LogP contribution in [0.1, 0.15) is 26.0 Å². The van der Waals surface area contributed by atoms with Crippen molar-refractivity contribution in [1.82, 2.24) is 9.97 Å². The van der Waals surface area contributed by atoms with E-state index in [0.29, 0.717) is 0 Å². The summed E-state index contributed by atoms with van der Waals surface area (Å²) in [4.78, 5) is 10.5. The second kappa shape index (κ2) is 6.47. The maximum atomic E-state index is 4.70. The molecular weight excluding hydrogens is 357 g/mol. The number of halogens is 1. The number of nitrogens with zero attached hydrogens (tertiary/aromatic N) is 2. The van der Waals surface area contributed by atoms with Gasteiger partial charge in [0.25, 0.3) is 0 Å². The summed E-state index contributed by atoms with van der Waals surface area (Å²) in [5.74, 6) is 1.80. The Morgan fingerprint density at radius 2 is 2.17 bits per heavy atom. The highest BCUT2D eigenvalue weighted by atomic mass is 127. The number of anilines is 1. The number of hydrogen-bond donors (Lipinski definition) is 1. The third-order valence-corrected chi connectivity index (χ3v) is 4.49. The molecule has 2 heterocycles. The SMILES string of the molecule is CCCc1nc(-c2cccs2)nc(NCC)c1I. The van der Waals surface area contributed by atoms with E-state index in [0.717, 1.165) is 45.2 Å². The zero-order chi connectivity index (χ0) is 13.0. The maximum Gasteiger partial charge on any atom is 0.171 e. The van der Waals surface area contributed by atoms with Gasteiger partial charge in [-0.1, -0.05) is 19.4 Å². The first-order chi connectivity index (χ1) is 8.76. The summed E-state index contributed by atoms with van der Waals surface area (Å²) in [6.45, 7) is 5.14. The lowest BCUT2D eigenvalue weighted by molar-refractivity contribution is 0.867. The Morgan fingerprint density at radius 3 is 2.78 bits per heavy atom. The van der Waals surface area contributed by atoms with Gasteiger partial charge in [-0.3, -0.25) is 0 Å². The van der Waals surface area contributed by atoms with Crippen LogP contribution in [0.2, 0.25) is 0 Å². The Kier molecular flexibility index (Phi) is 4.94. The van der Waals surface area contributed by atoms with E-state index < -0.39 is 0 Å². The summed E-state index contributed by atoms with van der Waals surface area (Å²) in [5, 5.41) is 5.38. The monoisotopic (exact) mass is 373 g/mol. The van der Waals surface area contributed by atoms with E-state index in [9.17, 15) is 0 Å². The molecule has 0 aliphatic carbocycles. The minimum Gasteiger partial charge on any atom is -0.369 e. The molecule has 1 N–H and O–H groups in total. The molecule has 0 radical (unpaired) electrons. The predicted octanol–water partition coefficient (Wildman–Crippen LogP) is 4.19. The summed E-state index contributed by atoms with van der Waals surface area (Å²) < 4.78 is 1.15. The van der Waals surface area contributed by atoms with Gasteiger partial charge in [0.1, 0.15) is 5.82 Å². The van der Waals surface area contributed by atoms with Crippen LogP contribution >= 0.6 is 33.9 Å². The zero-order valence-electron chi connectivity index (χ0n) is 10.5. The van der Waals surface area contributed by atoms with E-state index in [1.165, 1.54) is 0 Å². The highest BCUT2D eigenvalue weighted by Gasteiger charge is 2.12. The van der Waals surface area contributed by atoms with Crippen LogP contribution in [-0.2, 0) is 6.42 Å². The van der Waals surface area contributed by atoms with Crippen LogP contribution in [0.15, 0.2) is 17.5 Å². The van der Waals surface area contributed by atoms with Crippen LogP contribution in [0.4, 0.5) is 5.82 Å². The molecule has 2 aromatic rings. The molecule has 0 saturated heterocycles. The van der Waals surface area contributed by atoms with Gasteiger partial charge in [-0.2, -0.15) is 0 Å². The second-order valence-electron chi connectivity index (χ2n) is 3.91. The van der Waals surface area contributed by atoms with Gasteiger partial charge in [0.15, 0.2) is 5.82 Å². The van der Waals surface area contributed by atoms with E-state index in [2.05, 4.69) is 58.2 Å². The van der Waals surface area contributed by atoms with Gasteiger partial charge in [-0.05, 0) is 47.4 Å². The van der Waals surface area contributed by atoms with Crippen LogP contribution in [0.3, 0.4) is 0 Å². The van der Waals surface area contributed by atoms with Gasteiger partial charge in [-0.25, -0.2) is 9.97 Å². The molecule has 0 aliphatic rings. The maximum absolute atomic E-state index is 4.70. The van der Waals surface area contributed by atoms with E-state index in [4.69, 9.17) is 4.98 Å². The van der Waals surface area contributed by atoms with Crippen LogP contribution in [-0.4, -0.2) is 16.5 Å². The molecule has 5 heteroatoms. The molecule has 0 spiro atoms. The molecule has 0 bridgehead atoms. The number of aromatic nitrogens is 2. The number of rotatable bonds is 5. The van der Waals surface area contributed by atoms with Crippen molar-refractivity contribution in [2.75, 3.05) is 11.9 Å². The summed E-state index contributed by atoms with van der Waals surface area (Å²) >= 11 is 4.02. The van der Waals surface area contributed by atoms with Crippen LogP contribution in [0, 0.1) is 3.57 Å². The van der Waals surface area contributed by atoms with Crippen LogP contribution in [0.25, 0.3) is 10.7 Å². The molecule has 2 rings (SSSR count). The number of hydrogen-bond acceptors (Lipinski definition) is 4. The van der Waals surface area contributed by atoms with Gasteiger partial charge >= 0.3 is 0 Å². The summed E-state index contributed by atoms with van der Waals surface area (Å²) in [6, 6.07) is 4.10. The lowest BCUT2D eigenvalue weighted by atomic mass is 10.2. The van der Waals surface area contributed by atoms with Crippen LogP contribution in [0.5, 0.6) is 0 Å². The summed E-state index contributed by atoms with van der Waals surface area (Å²) in [7, 11) is 0. The molecule has 0 fully saturated rings. The van der Waals surface area contributed by atoms with E-state index in [-0.39, 0.29) is 0 Å². The Bertz CT molecular complexity index is 484. The molecular formula is C13H16IN3S. The molecule has 0 saturated carbocycles. The van der Waals surface area contributed by atoms with Crippen LogP contribution < -0.4 is 5.32 Å². The van der Waals surface area contributed by atoms with Crippen molar-refractivity contribution in [2.45, 2.75) is 26.7 Å². The Labute approximate surface area is 125 Å². The first kappa shape index (κ1) is 13.7. The van der Waals surface area contributed by atoms with Crippen molar-refractivity contribution in [3.63, 3.8) is 0 Å². The van der Waals surface area contributed by atoms with E-state index in [1.807, 2.05) is 6.07 Å². The van der Waals surface area contributed by atoms with Crippen molar-refractivity contribution in [2.24, 2.45) is 0 Å². The van der Waals surface area contributed by atoms with Crippen molar-refractivity contribution in [3.8, 4) is 10.7 Å². The Morgan fingerprint density at radius 1 is 1.33 bits per heavy atom. The summed E-state index contributed by atoms with van der Waals surface area (Å²) in [6.07, 6.45) is 2.10. The highest BCUT2D eigenvalue weighted by Crippen LogP contribution is 2.27. The number of nitrogens with one attached hydrogen (secondary N) is 1. The highest BCUT2D eigenvalue weighted by molar-refractivity contribution is 14.1. The van der Waals surface area contributed by atoms with Crippen molar-refractivity contribution >= 4 is 39.7 Å². The molecule has 0 aliphatic heterocycles. The van der Waals surface area contributed by atoms with Gasteiger partial charge < -0.3 is 5.32 Å². The molecule has 0 aromatic carbocycles. The van der Waals surface area contributed by atoms with Crippen molar-refractivity contribution in [3.05, 3.63) is 26.8 Å². The molecule has 0 amide bonds. The van der Waals surface area contributed by atoms with Gasteiger partial charge in [0, 0.05) is 6.54 Å². The lowest BCUT2D eigenvalue weighted by Gasteiger charge is -2.11. The number of aryl methyl sites for hydroxylation is 1. The summed E-state index contributed by atoms with van der Waals surface area (Å²) in [5.41, 5.74) is 1.15. The third kappa shape index (κ3) is 3.00. The average molecular weight is 373 g/mol. The fourth-order valence-electron chi connectivity index (χ4n) is 1.70. The van der Waals surface area contributed by atoms with E-state index in [1.54, 1.807) is 11.3 Å². The molecule has 3 nitrogen and oxygen atoms in total. The minimum atomic E-state index is 0.838. The molecule has 0 atom stereocenters. The second-order valence-corrected chi connectivity index (χ2v) is 5.94. The fraction of sp³-hybridized carbons (Fsp3) is 0.385. The Balaban J connectivity index is 2.47. The topological polar surface area (TPSA) is 37.8 Å². The average Bonchev–Trinajstić information content (AvgIpc) is 2.88. The van der Waals surface area contributed by atoms with E-state index >= 15 is 0 Å². The van der Waals surface area contributed by atoms with Gasteiger partial charge in [0.05, 0.1) is 14.1 Å². The minimum absolute atomic E-state index is 0.838. The standard InChI is InChI=1S/C13H16IN3S/c1-3-6-9-11(14)13(15-4-2)17-12(16-9)10-7-5-8-18-10/h5,7-8H,3-4,6H2,1-2H3,(H,15,16,17). The quantitative estimate of drug-likeness (QED) is 0.799.